The number of unbranched alkanes of at least 4 members (excludes halogenated alkanes) is 3. The van der Waals surface area contributed by atoms with Crippen molar-refractivity contribution in [1.82, 2.24) is 0 Å². The van der Waals surface area contributed by atoms with Crippen LogP contribution in [-0.2, 0) is 19.4 Å². The van der Waals surface area contributed by atoms with Crippen LogP contribution < -0.4 is 4.74 Å². The summed E-state index contributed by atoms with van der Waals surface area (Å²) in [5, 5.41) is 8.39. The highest BCUT2D eigenvalue weighted by Gasteiger charge is 2.17. The summed E-state index contributed by atoms with van der Waals surface area (Å²) in [4.78, 5) is 11.2. The highest BCUT2D eigenvalue weighted by Crippen LogP contribution is 2.23. The summed E-state index contributed by atoms with van der Waals surface area (Å²) >= 11 is 0. The van der Waals surface area contributed by atoms with Crippen molar-refractivity contribution in [3.63, 3.8) is 0 Å². The van der Waals surface area contributed by atoms with Gasteiger partial charge < -0.3 is 9.47 Å². The number of ether oxygens (including phenoxy) is 2. The summed E-state index contributed by atoms with van der Waals surface area (Å²) in [5.41, 5.74) is 1.26. The predicted octanol–water partition coefficient (Wildman–Crippen LogP) is 6.59. The third-order valence-electron chi connectivity index (χ3n) is 5.23. The summed E-state index contributed by atoms with van der Waals surface area (Å²) in [5.74, 6) is 0.644. The van der Waals surface area contributed by atoms with Gasteiger partial charge in [-0.1, -0.05) is 26.8 Å². The lowest BCUT2D eigenvalue weighted by Crippen LogP contribution is -2.13. The van der Waals surface area contributed by atoms with E-state index in [0.29, 0.717) is 29.5 Å². The average molecular weight is 487 g/mol. The highest BCUT2D eigenvalue weighted by atomic mass is 32.2. The molecular weight excluding hydrogens is 452 g/mol. The number of benzene rings is 2. The molecule has 0 spiro atoms. The SMILES string of the molecule is C=CC(=O)OCCCCCCOc1ccc(N=Nc2ccc(S(=O)(=O)CC(C)CC)cc2)cc1. The summed E-state index contributed by atoms with van der Waals surface area (Å²) in [7, 11) is -3.29. The molecule has 7 nitrogen and oxygen atoms in total. The first-order valence-corrected chi connectivity index (χ1v) is 13.3. The maximum absolute atomic E-state index is 12.4. The molecule has 0 fully saturated rings. The molecule has 0 radical (unpaired) electrons. The molecule has 2 rings (SSSR count). The Morgan fingerprint density at radius 2 is 1.50 bits per heavy atom. The van der Waals surface area contributed by atoms with Gasteiger partial charge in [0.05, 0.1) is 35.2 Å². The van der Waals surface area contributed by atoms with E-state index in [0.717, 1.165) is 37.9 Å². The summed E-state index contributed by atoms with van der Waals surface area (Å²) in [6.07, 6.45) is 5.71. The van der Waals surface area contributed by atoms with Crippen molar-refractivity contribution in [2.75, 3.05) is 19.0 Å². The zero-order valence-corrected chi connectivity index (χ0v) is 20.8. The summed E-state index contributed by atoms with van der Waals surface area (Å²) < 4.78 is 35.5. The molecule has 8 heteroatoms. The monoisotopic (exact) mass is 486 g/mol. The first-order valence-electron chi connectivity index (χ1n) is 11.6. The number of carbonyl (C=O) groups excluding carboxylic acids is 1. The zero-order valence-electron chi connectivity index (χ0n) is 20.0. The van der Waals surface area contributed by atoms with Crippen molar-refractivity contribution in [3.8, 4) is 5.75 Å². The second-order valence-electron chi connectivity index (χ2n) is 8.12. The minimum Gasteiger partial charge on any atom is -0.494 e. The molecule has 184 valence electrons. The van der Waals surface area contributed by atoms with E-state index >= 15 is 0 Å². The van der Waals surface area contributed by atoms with Gasteiger partial charge in [0.15, 0.2) is 9.84 Å². The maximum atomic E-state index is 12.4. The van der Waals surface area contributed by atoms with Crippen LogP contribution in [0.5, 0.6) is 5.75 Å². The van der Waals surface area contributed by atoms with Crippen LogP contribution in [0.1, 0.15) is 46.0 Å². The molecule has 0 aromatic heterocycles. The lowest BCUT2D eigenvalue weighted by atomic mass is 10.2. The molecule has 34 heavy (non-hydrogen) atoms. The minimum absolute atomic E-state index is 0.122. The summed E-state index contributed by atoms with van der Waals surface area (Å²) in [6.45, 7) is 8.31. The van der Waals surface area contributed by atoms with Gasteiger partial charge in [0, 0.05) is 6.08 Å². The Labute approximate surface area is 202 Å². The predicted molar refractivity (Wildman–Crippen MR) is 134 cm³/mol. The number of hydrogen-bond donors (Lipinski definition) is 0. The van der Waals surface area contributed by atoms with Crippen molar-refractivity contribution < 1.29 is 22.7 Å². The highest BCUT2D eigenvalue weighted by molar-refractivity contribution is 7.91. The molecular formula is C26H34N2O5S. The van der Waals surface area contributed by atoms with Crippen LogP contribution in [0.25, 0.3) is 0 Å². The van der Waals surface area contributed by atoms with Gasteiger partial charge in [0.25, 0.3) is 0 Å². The minimum atomic E-state index is -3.29. The smallest absolute Gasteiger partial charge is 0.330 e. The first kappa shape index (κ1) is 27.2. The number of rotatable bonds is 15. The van der Waals surface area contributed by atoms with Crippen molar-refractivity contribution in [1.29, 1.82) is 0 Å². The molecule has 2 aromatic rings. The molecule has 0 N–H and O–H groups in total. The molecule has 0 saturated heterocycles. The van der Waals surface area contributed by atoms with E-state index in [4.69, 9.17) is 9.47 Å². The average Bonchev–Trinajstić information content (AvgIpc) is 2.84. The molecule has 0 heterocycles. The first-order chi connectivity index (χ1) is 16.3. The van der Waals surface area contributed by atoms with E-state index in [2.05, 4.69) is 16.8 Å². The van der Waals surface area contributed by atoms with Crippen molar-refractivity contribution in [2.45, 2.75) is 50.8 Å². The van der Waals surface area contributed by atoms with Crippen LogP contribution in [0.4, 0.5) is 11.4 Å². The van der Waals surface area contributed by atoms with E-state index in [1.165, 1.54) is 6.08 Å². The standard InChI is InChI=1S/C26H34N2O5S/c1-4-21(3)20-34(30,31)25-16-12-23(13-17-25)28-27-22-10-14-24(15-11-22)32-18-8-6-7-9-19-33-26(29)5-2/h5,10-17,21H,2,4,6-9,18-20H2,1,3H3. The van der Waals surface area contributed by atoms with Crippen LogP contribution in [0.3, 0.4) is 0 Å². The van der Waals surface area contributed by atoms with Gasteiger partial charge in [0.1, 0.15) is 5.75 Å². The fourth-order valence-corrected chi connectivity index (χ4v) is 4.74. The number of sulfone groups is 1. The molecule has 1 atom stereocenters. The molecule has 0 aliphatic rings. The maximum Gasteiger partial charge on any atom is 0.330 e. The Hall–Kier alpha value is -3.00. The Kier molecular flexibility index (Phi) is 11.5. The van der Waals surface area contributed by atoms with Gasteiger partial charge >= 0.3 is 5.97 Å². The molecule has 0 aliphatic carbocycles. The van der Waals surface area contributed by atoms with Gasteiger partial charge in [-0.25, -0.2) is 13.2 Å². The van der Waals surface area contributed by atoms with Crippen LogP contribution in [0.15, 0.2) is 76.3 Å². The lowest BCUT2D eigenvalue weighted by molar-refractivity contribution is -0.137. The fourth-order valence-electron chi connectivity index (χ4n) is 3.01. The lowest BCUT2D eigenvalue weighted by Gasteiger charge is -2.09. The topological polar surface area (TPSA) is 94.4 Å². The Bertz CT molecular complexity index is 1030. The third-order valence-corrected chi connectivity index (χ3v) is 7.23. The third kappa shape index (κ3) is 9.87. The van der Waals surface area contributed by atoms with E-state index < -0.39 is 9.84 Å². The van der Waals surface area contributed by atoms with Gasteiger partial charge in [-0.3, -0.25) is 0 Å². The second kappa shape index (κ2) is 14.3. The zero-order chi connectivity index (χ0) is 24.8. The molecule has 0 saturated carbocycles. The Morgan fingerprint density at radius 3 is 2.06 bits per heavy atom. The molecule has 0 bridgehead atoms. The van der Waals surface area contributed by atoms with Crippen molar-refractivity contribution >= 4 is 27.2 Å². The van der Waals surface area contributed by atoms with E-state index in [9.17, 15) is 13.2 Å². The van der Waals surface area contributed by atoms with Gasteiger partial charge in [-0.15, -0.1) is 0 Å². The quantitative estimate of drug-likeness (QED) is 0.122. The number of carbonyl (C=O) groups is 1. The van der Waals surface area contributed by atoms with Crippen molar-refractivity contribution in [2.24, 2.45) is 16.1 Å². The van der Waals surface area contributed by atoms with Gasteiger partial charge in [0.2, 0.25) is 0 Å². The van der Waals surface area contributed by atoms with Gasteiger partial charge in [-0.2, -0.15) is 10.2 Å². The van der Waals surface area contributed by atoms with Crippen LogP contribution in [0.2, 0.25) is 0 Å². The molecule has 2 aromatic carbocycles. The number of nitrogens with zero attached hydrogens (tertiary/aromatic N) is 2. The fraction of sp³-hybridized carbons (Fsp3) is 0.423. The summed E-state index contributed by atoms with van der Waals surface area (Å²) in [6, 6.07) is 13.8. The molecule has 1 unspecified atom stereocenters. The molecule has 0 amide bonds. The van der Waals surface area contributed by atoms with Crippen LogP contribution in [-0.4, -0.2) is 33.4 Å². The van der Waals surface area contributed by atoms with Gasteiger partial charge in [-0.05, 0) is 80.1 Å². The van der Waals surface area contributed by atoms with E-state index in [1.807, 2.05) is 38.1 Å². The Morgan fingerprint density at radius 1 is 0.941 bits per heavy atom. The van der Waals surface area contributed by atoms with Crippen LogP contribution >= 0.6 is 0 Å². The largest absolute Gasteiger partial charge is 0.494 e. The number of azo groups is 1. The van der Waals surface area contributed by atoms with Crippen LogP contribution in [0, 0.1) is 5.92 Å². The molecule has 0 aliphatic heterocycles. The number of hydrogen-bond acceptors (Lipinski definition) is 7. The second-order valence-corrected chi connectivity index (χ2v) is 10.2. The van der Waals surface area contributed by atoms with E-state index in [-0.39, 0.29) is 17.6 Å². The number of esters is 1. The Balaban J connectivity index is 1.74. The van der Waals surface area contributed by atoms with E-state index in [1.54, 1.807) is 24.3 Å². The normalized spacial score (nSPS) is 12.4. The van der Waals surface area contributed by atoms with Crippen molar-refractivity contribution in [3.05, 3.63) is 61.2 Å².